The summed E-state index contributed by atoms with van der Waals surface area (Å²) < 4.78 is 0. The summed E-state index contributed by atoms with van der Waals surface area (Å²) in [5, 5.41) is 5.66. The maximum absolute atomic E-state index is 12.3. The first-order chi connectivity index (χ1) is 11.5. The molecule has 2 aromatic carbocycles. The highest BCUT2D eigenvalue weighted by Crippen LogP contribution is 2.30. The normalized spacial score (nSPS) is 14.8. The molecule has 0 aromatic heterocycles. The fourth-order valence-corrected chi connectivity index (χ4v) is 2.37. The van der Waals surface area contributed by atoms with Crippen molar-refractivity contribution in [2.24, 2.45) is 11.7 Å². The number of rotatable bonds is 5. The first-order valence-electron chi connectivity index (χ1n) is 8.07. The van der Waals surface area contributed by atoms with E-state index in [2.05, 4.69) is 10.6 Å². The second-order valence-corrected chi connectivity index (χ2v) is 6.22. The van der Waals surface area contributed by atoms with Gasteiger partial charge in [0.05, 0.1) is 0 Å². The van der Waals surface area contributed by atoms with Crippen LogP contribution in [0.2, 0.25) is 0 Å². The van der Waals surface area contributed by atoms with E-state index in [0.29, 0.717) is 5.69 Å². The number of amides is 2. The highest BCUT2D eigenvalue weighted by atomic mass is 16.2. The van der Waals surface area contributed by atoms with Crippen molar-refractivity contribution in [2.45, 2.75) is 25.8 Å². The summed E-state index contributed by atoms with van der Waals surface area (Å²) in [6, 6.07) is 13.9. The quantitative estimate of drug-likeness (QED) is 0.791. The van der Waals surface area contributed by atoms with E-state index >= 15 is 0 Å². The molecular formula is C19H21N3O2. The smallest absolute Gasteiger partial charge is 0.245 e. The molecule has 0 spiro atoms. The molecule has 0 saturated heterocycles. The molecule has 3 rings (SSSR count). The zero-order valence-electron chi connectivity index (χ0n) is 13.6. The molecule has 1 atom stereocenters. The van der Waals surface area contributed by atoms with Crippen molar-refractivity contribution in [3.8, 4) is 0 Å². The number of nitrogens with one attached hydrogen (secondary N) is 2. The van der Waals surface area contributed by atoms with Crippen LogP contribution >= 0.6 is 0 Å². The molecule has 0 bridgehead atoms. The SMILES string of the molecule is Cc1ccc(C(N)C(=O)Nc2ccc(NC(=O)C3CC3)cc2)cc1. The van der Waals surface area contributed by atoms with E-state index in [1.807, 2.05) is 31.2 Å². The molecule has 1 fully saturated rings. The predicted octanol–water partition coefficient (Wildman–Crippen LogP) is 2.98. The van der Waals surface area contributed by atoms with Crippen LogP contribution in [0.3, 0.4) is 0 Å². The van der Waals surface area contributed by atoms with Crippen molar-refractivity contribution >= 4 is 23.2 Å². The molecule has 24 heavy (non-hydrogen) atoms. The van der Waals surface area contributed by atoms with Crippen LogP contribution in [0.1, 0.15) is 30.0 Å². The van der Waals surface area contributed by atoms with Crippen LogP contribution in [-0.2, 0) is 9.59 Å². The number of benzene rings is 2. The van der Waals surface area contributed by atoms with Crippen LogP contribution in [0.15, 0.2) is 48.5 Å². The molecule has 1 aliphatic carbocycles. The van der Waals surface area contributed by atoms with E-state index in [-0.39, 0.29) is 17.7 Å². The standard InChI is InChI=1S/C19H21N3O2/c1-12-2-4-13(5-3-12)17(20)19(24)22-16-10-8-15(9-11-16)21-18(23)14-6-7-14/h2-5,8-11,14,17H,6-7,20H2,1H3,(H,21,23)(H,22,24). The molecule has 0 radical (unpaired) electrons. The number of carbonyl (C=O) groups is 2. The highest BCUT2D eigenvalue weighted by Gasteiger charge is 2.29. The molecule has 124 valence electrons. The van der Waals surface area contributed by atoms with Gasteiger partial charge in [0.25, 0.3) is 0 Å². The van der Waals surface area contributed by atoms with Gasteiger partial charge in [-0.2, -0.15) is 0 Å². The van der Waals surface area contributed by atoms with Gasteiger partial charge in [-0.15, -0.1) is 0 Å². The summed E-state index contributed by atoms with van der Waals surface area (Å²) in [5.41, 5.74) is 9.27. The number of nitrogens with two attached hydrogens (primary N) is 1. The highest BCUT2D eigenvalue weighted by molar-refractivity contribution is 5.96. The van der Waals surface area contributed by atoms with Gasteiger partial charge in [-0.3, -0.25) is 9.59 Å². The van der Waals surface area contributed by atoms with Crippen molar-refractivity contribution in [3.63, 3.8) is 0 Å². The number of anilines is 2. The lowest BCUT2D eigenvalue weighted by Crippen LogP contribution is -2.27. The van der Waals surface area contributed by atoms with E-state index < -0.39 is 6.04 Å². The number of hydrogen-bond donors (Lipinski definition) is 3. The average Bonchev–Trinajstić information content (AvgIpc) is 3.41. The van der Waals surface area contributed by atoms with Gasteiger partial charge in [0, 0.05) is 17.3 Å². The molecule has 5 nitrogen and oxygen atoms in total. The second-order valence-electron chi connectivity index (χ2n) is 6.22. The second kappa shape index (κ2) is 6.84. The lowest BCUT2D eigenvalue weighted by Gasteiger charge is -2.13. The Bertz CT molecular complexity index is 734. The Morgan fingerprint density at radius 1 is 0.958 bits per heavy atom. The number of carbonyl (C=O) groups excluding carboxylic acids is 2. The summed E-state index contributed by atoms with van der Waals surface area (Å²) in [7, 11) is 0. The monoisotopic (exact) mass is 323 g/mol. The minimum absolute atomic E-state index is 0.0631. The van der Waals surface area contributed by atoms with Gasteiger partial charge in [0.15, 0.2) is 0 Å². The van der Waals surface area contributed by atoms with Crippen molar-refractivity contribution in [3.05, 3.63) is 59.7 Å². The molecule has 0 aliphatic heterocycles. The molecule has 1 aliphatic rings. The maximum atomic E-state index is 12.3. The Hall–Kier alpha value is -2.66. The van der Waals surface area contributed by atoms with Crippen LogP contribution in [0.4, 0.5) is 11.4 Å². The van der Waals surface area contributed by atoms with Gasteiger partial charge >= 0.3 is 0 Å². The van der Waals surface area contributed by atoms with E-state index in [0.717, 1.165) is 29.7 Å². The fourth-order valence-electron chi connectivity index (χ4n) is 2.37. The lowest BCUT2D eigenvalue weighted by molar-refractivity contribution is -0.118. The Kier molecular flexibility index (Phi) is 4.62. The van der Waals surface area contributed by atoms with E-state index in [4.69, 9.17) is 5.73 Å². The van der Waals surface area contributed by atoms with Gasteiger partial charge in [0.1, 0.15) is 6.04 Å². The van der Waals surface area contributed by atoms with Crippen molar-refractivity contribution in [1.29, 1.82) is 0 Å². The van der Waals surface area contributed by atoms with Crippen molar-refractivity contribution in [1.82, 2.24) is 0 Å². The van der Waals surface area contributed by atoms with Crippen molar-refractivity contribution in [2.75, 3.05) is 10.6 Å². The van der Waals surface area contributed by atoms with Gasteiger partial charge in [0.2, 0.25) is 11.8 Å². The molecule has 1 saturated carbocycles. The van der Waals surface area contributed by atoms with Gasteiger partial charge in [-0.25, -0.2) is 0 Å². The summed E-state index contributed by atoms with van der Waals surface area (Å²) in [6.07, 6.45) is 1.94. The van der Waals surface area contributed by atoms with Gasteiger partial charge in [-0.1, -0.05) is 29.8 Å². The Balaban J connectivity index is 1.59. The summed E-state index contributed by atoms with van der Waals surface area (Å²) >= 11 is 0. The predicted molar refractivity (Wildman–Crippen MR) is 94.5 cm³/mol. The molecule has 4 N–H and O–H groups in total. The van der Waals surface area contributed by atoms with E-state index in [1.54, 1.807) is 24.3 Å². The van der Waals surface area contributed by atoms with Gasteiger partial charge < -0.3 is 16.4 Å². The Labute approximate surface area is 141 Å². The molecule has 1 unspecified atom stereocenters. The first-order valence-corrected chi connectivity index (χ1v) is 8.07. The number of aryl methyl sites for hydroxylation is 1. The topological polar surface area (TPSA) is 84.2 Å². The summed E-state index contributed by atoms with van der Waals surface area (Å²) in [5.74, 6) is -0.0429. The average molecular weight is 323 g/mol. The maximum Gasteiger partial charge on any atom is 0.245 e. The molecule has 5 heteroatoms. The Morgan fingerprint density at radius 2 is 1.50 bits per heavy atom. The number of hydrogen-bond acceptors (Lipinski definition) is 3. The molecule has 2 aromatic rings. The molecule has 0 heterocycles. The minimum atomic E-state index is -0.722. The van der Waals surface area contributed by atoms with Crippen molar-refractivity contribution < 1.29 is 9.59 Å². The summed E-state index contributed by atoms with van der Waals surface area (Å²) in [4.78, 5) is 24.0. The van der Waals surface area contributed by atoms with E-state index in [1.165, 1.54) is 0 Å². The van der Waals surface area contributed by atoms with Crippen LogP contribution in [-0.4, -0.2) is 11.8 Å². The zero-order valence-corrected chi connectivity index (χ0v) is 13.6. The van der Waals surface area contributed by atoms with Gasteiger partial charge in [-0.05, 0) is 49.6 Å². The lowest BCUT2D eigenvalue weighted by atomic mass is 10.1. The molecular weight excluding hydrogens is 302 g/mol. The first kappa shape index (κ1) is 16.2. The third-order valence-corrected chi connectivity index (χ3v) is 4.09. The van der Waals surface area contributed by atoms with Crippen LogP contribution in [0.25, 0.3) is 0 Å². The summed E-state index contributed by atoms with van der Waals surface area (Å²) in [6.45, 7) is 1.99. The zero-order chi connectivity index (χ0) is 17.1. The van der Waals surface area contributed by atoms with E-state index in [9.17, 15) is 9.59 Å². The fraction of sp³-hybridized carbons (Fsp3) is 0.263. The third kappa shape index (κ3) is 4.00. The van der Waals surface area contributed by atoms with Crippen LogP contribution < -0.4 is 16.4 Å². The Morgan fingerprint density at radius 3 is 2.04 bits per heavy atom. The molecule has 2 amide bonds. The van der Waals surface area contributed by atoms with Crippen LogP contribution in [0, 0.1) is 12.8 Å². The third-order valence-electron chi connectivity index (χ3n) is 4.09. The minimum Gasteiger partial charge on any atom is -0.326 e. The van der Waals surface area contributed by atoms with Crippen LogP contribution in [0.5, 0.6) is 0 Å². The largest absolute Gasteiger partial charge is 0.326 e.